The van der Waals surface area contributed by atoms with E-state index >= 15 is 0 Å². The maximum Gasteiger partial charge on any atom is 0.247 e. The van der Waals surface area contributed by atoms with Crippen LogP contribution in [0.25, 0.3) is 0 Å². The van der Waals surface area contributed by atoms with Crippen LogP contribution < -0.4 is 5.06 Å². The van der Waals surface area contributed by atoms with E-state index in [1.807, 2.05) is 6.07 Å². The van der Waals surface area contributed by atoms with Gasteiger partial charge in [-0.1, -0.05) is 42.5 Å². The molecule has 2 atom stereocenters. The van der Waals surface area contributed by atoms with Gasteiger partial charge in [-0.15, -0.1) is 0 Å². The van der Waals surface area contributed by atoms with Crippen LogP contribution in [0.1, 0.15) is 18.9 Å². The number of halogens is 1. The quantitative estimate of drug-likeness (QED) is 0.634. The summed E-state index contributed by atoms with van der Waals surface area (Å²) in [7, 11) is 1.71. The maximum atomic E-state index is 14.1. The molecular weight excluding hydrogens is 371 g/mol. The molecule has 156 valence electrons. The van der Waals surface area contributed by atoms with Crippen LogP contribution in [0.3, 0.4) is 0 Å². The Labute approximate surface area is 172 Å². The molecule has 2 aromatic rings. The van der Waals surface area contributed by atoms with Gasteiger partial charge in [-0.2, -0.15) is 5.06 Å². The van der Waals surface area contributed by atoms with Gasteiger partial charge in [0.25, 0.3) is 0 Å². The van der Waals surface area contributed by atoms with Crippen molar-refractivity contribution in [3.05, 3.63) is 66.0 Å². The summed E-state index contributed by atoms with van der Waals surface area (Å²) in [6.07, 6.45) is 1.91. The zero-order chi connectivity index (χ0) is 20.6. The number of hydrogen-bond donors (Lipinski definition) is 0. The lowest BCUT2D eigenvalue weighted by atomic mass is 9.94. The number of rotatable bonds is 8. The van der Waals surface area contributed by atoms with Crippen LogP contribution in [-0.4, -0.2) is 50.3 Å². The number of hydrogen-bond acceptors (Lipinski definition) is 4. The predicted octanol–water partition coefficient (Wildman–Crippen LogP) is 3.69. The fourth-order valence-electron chi connectivity index (χ4n) is 3.74. The molecule has 0 bridgehead atoms. The van der Waals surface area contributed by atoms with E-state index in [0.717, 1.165) is 37.5 Å². The summed E-state index contributed by atoms with van der Waals surface area (Å²) in [5.41, 5.74) is 1.46. The molecule has 0 spiro atoms. The molecule has 5 nitrogen and oxygen atoms in total. The Morgan fingerprint density at radius 3 is 2.59 bits per heavy atom. The number of carbonyl (C=O) groups is 1. The van der Waals surface area contributed by atoms with Gasteiger partial charge in [0.2, 0.25) is 5.91 Å². The molecule has 1 amide bonds. The number of nitrogens with zero attached hydrogens (tertiary/aromatic N) is 2. The molecule has 6 heteroatoms. The first-order valence-electron chi connectivity index (χ1n) is 10.1. The second-order valence-corrected chi connectivity index (χ2v) is 7.42. The molecule has 1 saturated heterocycles. The minimum atomic E-state index is -0.485. The molecule has 0 aliphatic carbocycles. The highest BCUT2D eigenvalue weighted by Gasteiger charge is 2.30. The minimum Gasteiger partial charge on any atom is -0.380 e. The van der Waals surface area contributed by atoms with Gasteiger partial charge >= 0.3 is 0 Å². The topological polar surface area (TPSA) is 42.0 Å². The fraction of sp³-hybridized carbons (Fsp3) is 0.435. The van der Waals surface area contributed by atoms with Crippen molar-refractivity contribution in [3.8, 4) is 0 Å². The van der Waals surface area contributed by atoms with E-state index in [2.05, 4.69) is 29.2 Å². The summed E-state index contributed by atoms with van der Waals surface area (Å²) in [6.45, 7) is 4.41. The molecule has 1 heterocycles. The average molecular weight is 400 g/mol. The zero-order valence-corrected chi connectivity index (χ0v) is 17.1. The number of amides is 1. The summed E-state index contributed by atoms with van der Waals surface area (Å²) in [5, 5.41) is 1.05. The number of hydroxylamine groups is 1. The molecule has 0 aromatic heterocycles. The number of likely N-dealkylation sites (tertiary alicyclic amines) is 1. The van der Waals surface area contributed by atoms with Crippen molar-refractivity contribution in [2.75, 3.05) is 38.4 Å². The van der Waals surface area contributed by atoms with E-state index in [-0.39, 0.29) is 23.6 Å². The minimum absolute atomic E-state index is 0.00829. The summed E-state index contributed by atoms with van der Waals surface area (Å²) < 4.78 is 19.8. The first-order chi connectivity index (χ1) is 14.1. The summed E-state index contributed by atoms with van der Waals surface area (Å²) in [4.78, 5) is 20.1. The van der Waals surface area contributed by atoms with Gasteiger partial charge in [0.05, 0.1) is 12.7 Å². The van der Waals surface area contributed by atoms with E-state index in [9.17, 15) is 9.18 Å². The first-order valence-corrected chi connectivity index (χ1v) is 10.1. The maximum absolute atomic E-state index is 14.1. The number of anilines is 1. The van der Waals surface area contributed by atoms with Crippen molar-refractivity contribution in [2.24, 2.45) is 5.92 Å². The van der Waals surface area contributed by atoms with Crippen molar-refractivity contribution in [1.82, 2.24) is 4.90 Å². The number of benzene rings is 2. The number of ether oxygens (including phenoxy) is 1. The van der Waals surface area contributed by atoms with E-state index in [1.165, 1.54) is 24.6 Å². The van der Waals surface area contributed by atoms with Crippen molar-refractivity contribution in [2.45, 2.75) is 25.9 Å². The molecule has 0 N–H and O–H groups in total. The highest BCUT2D eigenvalue weighted by Crippen LogP contribution is 2.24. The number of para-hydroxylation sites is 1. The average Bonchev–Trinajstić information content (AvgIpc) is 2.74. The van der Waals surface area contributed by atoms with Crippen molar-refractivity contribution in [1.29, 1.82) is 0 Å². The van der Waals surface area contributed by atoms with Gasteiger partial charge in [-0.05, 0) is 37.1 Å². The Kier molecular flexibility index (Phi) is 7.75. The third kappa shape index (κ3) is 5.85. The lowest BCUT2D eigenvalue weighted by molar-refractivity contribution is -0.126. The molecule has 0 radical (unpaired) electrons. The molecule has 1 fully saturated rings. The summed E-state index contributed by atoms with van der Waals surface area (Å²) >= 11 is 0. The van der Waals surface area contributed by atoms with Gasteiger partial charge in [-0.3, -0.25) is 9.63 Å². The van der Waals surface area contributed by atoms with Crippen LogP contribution in [0, 0.1) is 11.7 Å². The standard InChI is InChI=1S/C23H29FN2O3/c1-18(27)26(22-11-7-6-10-21(22)24)29-17-20-13-15-25(16-23(20)28-2)14-12-19-8-4-3-5-9-19/h3-11,20,23H,12-17H2,1-2H3/t20-,23-/m1/s1. The second kappa shape index (κ2) is 10.5. The Hall–Kier alpha value is -2.28. The molecule has 29 heavy (non-hydrogen) atoms. The van der Waals surface area contributed by atoms with Gasteiger partial charge < -0.3 is 9.64 Å². The van der Waals surface area contributed by atoms with Gasteiger partial charge in [0, 0.05) is 33.0 Å². The van der Waals surface area contributed by atoms with Crippen molar-refractivity contribution < 1.29 is 18.8 Å². The SMILES string of the molecule is CO[C@@H]1CN(CCc2ccccc2)CC[C@@H]1CON(C(C)=O)c1ccccc1F. The van der Waals surface area contributed by atoms with Crippen LogP contribution in [0.5, 0.6) is 0 Å². The lowest BCUT2D eigenvalue weighted by Gasteiger charge is -2.38. The molecule has 1 aliphatic rings. The largest absolute Gasteiger partial charge is 0.380 e. The Morgan fingerprint density at radius 1 is 1.17 bits per heavy atom. The Morgan fingerprint density at radius 2 is 1.90 bits per heavy atom. The third-order valence-corrected chi connectivity index (χ3v) is 5.42. The van der Waals surface area contributed by atoms with E-state index < -0.39 is 5.82 Å². The van der Waals surface area contributed by atoms with E-state index in [4.69, 9.17) is 9.57 Å². The Balaban J connectivity index is 1.54. The zero-order valence-electron chi connectivity index (χ0n) is 17.1. The van der Waals surface area contributed by atoms with Gasteiger partial charge in [0.15, 0.2) is 0 Å². The molecule has 0 saturated carbocycles. The highest BCUT2D eigenvalue weighted by molar-refractivity contribution is 5.89. The molecular formula is C23H29FN2O3. The van der Waals surface area contributed by atoms with Crippen LogP contribution >= 0.6 is 0 Å². The molecule has 1 aliphatic heterocycles. The smallest absolute Gasteiger partial charge is 0.247 e. The Bertz CT molecular complexity index is 787. The van der Waals surface area contributed by atoms with E-state index in [0.29, 0.717) is 6.61 Å². The molecule has 0 unspecified atom stereocenters. The molecule has 3 rings (SSSR count). The first kappa shape index (κ1) is 21.4. The van der Waals surface area contributed by atoms with Crippen LogP contribution in [0.2, 0.25) is 0 Å². The molecule has 2 aromatic carbocycles. The van der Waals surface area contributed by atoms with E-state index in [1.54, 1.807) is 19.2 Å². The van der Waals surface area contributed by atoms with Crippen LogP contribution in [0.15, 0.2) is 54.6 Å². The van der Waals surface area contributed by atoms with Gasteiger partial charge in [-0.25, -0.2) is 4.39 Å². The van der Waals surface area contributed by atoms with Crippen molar-refractivity contribution >= 4 is 11.6 Å². The summed E-state index contributed by atoms with van der Waals surface area (Å²) in [5.74, 6) is -0.701. The van der Waals surface area contributed by atoms with Crippen LogP contribution in [-0.2, 0) is 20.8 Å². The third-order valence-electron chi connectivity index (χ3n) is 5.42. The fourth-order valence-corrected chi connectivity index (χ4v) is 3.74. The number of piperidine rings is 1. The second-order valence-electron chi connectivity index (χ2n) is 7.42. The lowest BCUT2D eigenvalue weighted by Crippen LogP contribution is -2.47. The van der Waals surface area contributed by atoms with Gasteiger partial charge in [0.1, 0.15) is 11.5 Å². The summed E-state index contributed by atoms with van der Waals surface area (Å²) in [6, 6.07) is 16.6. The highest BCUT2D eigenvalue weighted by atomic mass is 19.1. The number of methoxy groups -OCH3 is 1. The van der Waals surface area contributed by atoms with Crippen molar-refractivity contribution in [3.63, 3.8) is 0 Å². The predicted molar refractivity (Wildman–Crippen MR) is 111 cm³/mol. The monoisotopic (exact) mass is 400 g/mol. The van der Waals surface area contributed by atoms with Crippen LogP contribution in [0.4, 0.5) is 10.1 Å². The number of carbonyl (C=O) groups excluding carboxylic acids is 1. The normalized spacial score (nSPS) is 19.8.